The van der Waals surface area contributed by atoms with Crippen molar-refractivity contribution in [3.63, 3.8) is 0 Å². The number of hydrogen-bond acceptors (Lipinski definition) is 5. The molecule has 10 heteroatoms. The van der Waals surface area contributed by atoms with Crippen LogP contribution in [0.5, 0.6) is 0 Å². The van der Waals surface area contributed by atoms with Gasteiger partial charge in [0.05, 0.1) is 17.1 Å². The molecule has 0 atom stereocenters. The Morgan fingerprint density at radius 1 is 1.05 bits per heavy atom. The SMILES string of the molecule is CC(C)c1ccccc1N1C(=O)CSC1=NC(=O)Nc1ccc(CCc2ncn(-c3ccc(Br)cc3)n2)cc1. The van der Waals surface area contributed by atoms with Crippen LogP contribution in [0.2, 0.25) is 0 Å². The molecule has 1 aliphatic heterocycles. The summed E-state index contributed by atoms with van der Waals surface area (Å²) in [6, 6.07) is 22.7. The van der Waals surface area contributed by atoms with Gasteiger partial charge < -0.3 is 5.32 Å². The number of amidine groups is 1. The largest absolute Gasteiger partial charge is 0.347 e. The van der Waals surface area contributed by atoms with Crippen LogP contribution in [0.4, 0.5) is 16.2 Å². The van der Waals surface area contributed by atoms with E-state index in [0.717, 1.165) is 39.2 Å². The lowest BCUT2D eigenvalue weighted by Gasteiger charge is -2.21. The summed E-state index contributed by atoms with van der Waals surface area (Å²) in [4.78, 5) is 35.6. The summed E-state index contributed by atoms with van der Waals surface area (Å²) in [6.45, 7) is 4.15. The molecule has 2 heterocycles. The zero-order valence-electron chi connectivity index (χ0n) is 21.5. The molecule has 1 N–H and O–H groups in total. The van der Waals surface area contributed by atoms with Gasteiger partial charge in [0.15, 0.2) is 11.0 Å². The van der Waals surface area contributed by atoms with Gasteiger partial charge in [-0.2, -0.15) is 10.1 Å². The number of aromatic nitrogens is 3. The van der Waals surface area contributed by atoms with E-state index in [1.165, 1.54) is 11.8 Å². The van der Waals surface area contributed by atoms with Gasteiger partial charge in [-0.05, 0) is 65.9 Å². The van der Waals surface area contributed by atoms with Crippen LogP contribution in [0.15, 0.2) is 88.6 Å². The van der Waals surface area contributed by atoms with E-state index in [0.29, 0.717) is 17.3 Å². The van der Waals surface area contributed by atoms with Crippen LogP contribution in [0.25, 0.3) is 5.69 Å². The first-order chi connectivity index (χ1) is 18.9. The molecule has 198 valence electrons. The first kappa shape index (κ1) is 26.8. The van der Waals surface area contributed by atoms with E-state index in [4.69, 9.17) is 0 Å². The van der Waals surface area contributed by atoms with Crippen LogP contribution >= 0.6 is 27.7 Å². The van der Waals surface area contributed by atoms with Crippen LogP contribution in [0, 0.1) is 0 Å². The number of nitrogens with one attached hydrogen (secondary N) is 1. The first-order valence-electron chi connectivity index (χ1n) is 12.6. The Kier molecular flexibility index (Phi) is 8.23. The van der Waals surface area contributed by atoms with Crippen LogP contribution in [-0.2, 0) is 17.6 Å². The molecule has 1 aromatic heterocycles. The lowest BCUT2D eigenvalue weighted by Crippen LogP contribution is -2.31. The Bertz CT molecular complexity index is 1520. The number of nitrogens with zero attached hydrogens (tertiary/aromatic N) is 5. The minimum absolute atomic E-state index is 0.0832. The van der Waals surface area contributed by atoms with E-state index in [-0.39, 0.29) is 17.6 Å². The summed E-state index contributed by atoms with van der Waals surface area (Å²) in [6.07, 6.45) is 3.18. The molecule has 3 aromatic carbocycles. The second-order valence-electron chi connectivity index (χ2n) is 9.33. The number of urea groups is 1. The van der Waals surface area contributed by atoms with Crippen molar-refractivity contribution in [3.05, 3.63) is 101 Å². The second-order valence-corrected chi connectivity index (χ2v) is 11.2. The van der Waals surface area contributed by atoms with E-state index in [1.54, 1.807) is 15.9 Å². The van der Waals surface area contributed by atoms with Gasteiger partial charge in [0.2, 0.25) is 5.91 Å². The Morgan fingerprint density at radius 3 is 2.54 bits per heavy atom. The number of hydrogen-bond donors (Lipinski definition) is 1. The van der Waals surface area contributed by atoms with Crippen molar-refractivity contribution < 1.29 is 9.59 Å². The number of thioether (sulfide) groups is 1. The van der Waals surface area contributed by atoms with Crippen molar-refractivity contribution in [2.45, 2.75) is 32.6 Å². The lowest BCUT2D eigenvalue weighted by atomic mass is 10.0. The minimum Gasteiger partial charge on any atom is -0.306 e. The highest BCUT2D eigenvalue weighted by Gasteiger charge is 2.32. The molecule has 1 saturated heterocycles. The topological polar surface area (TPSA) is 92.5 Å². The fraction of sp³-hybridized carbons (Fsp3) is 0.207. The highest BCUT2D eigenvalue weighted by molar-refractivity contribution is 9.10. The third-order valence-corrected chi connectivity index (χ3v) is 7.69. The lowest BCUT2D eigenvalue weighted by molar-refractivity contribution is -0.115. The maximum atomic E-state index is 12.7. The average molecular weight is 604 g/mol. The molecule has 1 aliphatic rings. The smallest absolute Gasteiger partial charge is 0.306 e. The summed E-state index contributed by atoms with van der Waals surface area (Å²) in [5.74, 6) is 1.16. The Balaban J connectivity index is 1.20. The van der Waals surface area contributed by atoms with Crippen LogP contribution in [-0.4, -0.2) is 37.6 Å². The molecule has 0 radical (unpaired) electrons. The monoisotopic (exact) mass is 602 g/mol. The molecule has 4 aromatic rings. The molecule has 0 unspecified atom stereocenters. The predicted molar refractivity (Wildman–Crippen MR) is 160 cm³/mol. The molecule has 0 aliphatic carbocycles. The number of aryl methyl sites for hydroxylation is 2. The molecule has 39 heavy (non-hydrogen) atoms. The summed E-state index contributed by atoms with van der Waals surface area (Å²) in [5.41, 5.74) is 4.50. The number of carbonyl (C=O) groups excluding carboxylic acids is 2. The van der Waals surface area contributed by atoms with Gasteiger partial charge >= 0.3 is 6.03 Å². The molecule has 0 saturated carbocycles. The van der Waals surface area contributed by atoms with Gasteiger partial charge in [-0.3, -0.25) is 9.69 Å². The Hall–Kier alpha value is -3.76. The first-order valence-corrected chi connectivity index (χ1v) is 14.3. The van der Waals surface area contributed by atoms with Crippen LogP contribution in [0.3, 0.4) is 0 Å². The zero-order valence-corrected chi connectivity index (χ0v) is 23.9. The normalized spacial score (nSPS) is 14.4. The van der Waals surface area contributed by atoms with Gasteiger partial charge in [0.1, 0.15) is 6.33 Å². The number of para-hydroxylation sites is 1. The van der Waals surface area contributed by atoms with Crippen molar-refractivity contribution in [1.29, 1.82) is 0 Å². The summed E-state index contributed by atoms with van der Waals surface area (Å²) < 4.78 is 2.78. The molecule has 0 spiro atoms. The molecule has 8 nitrogen and oxygen atoms in total. The molecule has 0 bridgehead atoms. The van der Waals surface area contributed by atoms with Crippen molar-refractivity contribution in [2.75, 3.05) is 16.0 Å². The van der Waals surface area contributed by atoms with Gasteiger partial charge in [-0.15, -0.1) is 0 Å². The van der Waals surface area contributed by atoms with E-state index in [9.17, 15) is 9.59 Å². The fourth-order valence-corrected chi connectivity index (χ4v) is 5.36. The van der Waals surface area contributed by atoms with Gasteiger partial charge in [-0.25, -0.2) is 14.5 Å². The third kappa shape index (κ3) is 6.46. The van der Waals surface area contributed by atoms with Gasteiger partial charge in [-0.1, -0.05) is 71.9 Å². The van der Waals surface area contributed by atoms with Gasteiger partial charge in [0, 0.05) is 16.6 Å². The van der Waals surface area contributed by atoms with Gasteiger partial charge in [0.25, 0.3) is 0 Å². The van der Waals surface area contributed by atoms with Crippen LogP contribution in [0.1, 0.15) is 36.7 Å². The number of benzene rings is 3. The van der Waals surface area contributed by atoms with Crippen molar-refractivity contribution in [1.82, 2.24) is 14.8 Å². The maximum absolute atomic E-state index is 12.7. The standard InChI is InChI=1S/C29H27BrN6O2S/c1-19(2)24-5-3-4-6-25(24)36-27(37)17-39-29(36)33-28(38)32-22-12-7-20(8-13-22)9-16-26-31-18-35(34-26)23-14-10-21(30)11-15-23/h3-8,10-15,18-19H,9,16-17H2,1-2H3,(H,32,38). The fourth-order valence-electron chi connectivity index (χ4n) is 4.24. The molecule has 1 fully saturated rings. The number of halogens is 1. The van der Waals surface area contributed by atoms with E-state index in [1.807, 2.05) is 72.8 Å². The molecule has 3 amide bonds. The maximum Gasteiger partial charge on any atom is 0.347 e. The number of aliphatic imine (C=N–C) groups is 1. The second kappa shape index (κ2) is 12.0. The van der Waals surface area contributed by atoms with E-state index in [2.05, 4.69) is 50.2 Å². The number of carbonyl (C=O) groups is 2. The van der Waals surface area contributed by atoms with Crippen LogP contribution < -0.4 is 10.2 Å². The number of amides is 3. The molecule has 5 rings (SSSR count). The predicted octanol–water partition coefficient (Wildman–Crippen LogP) is 6.61. The Labute approximate surface area is 239 Å². The van der Waals surface area contributed by atoms with E-state index < -0.39 is 6.03 Å². The zero-order chi connectivity index (χ0) is 27.4. The highest BCUT2D eigenvalue weighted by Crippen LogP contribution is 2.33. The van der Waals surface area contributed by atoms with Crippen molar-refractivity contribution >= 4 is 56.2 Å². The minimum atomic E-state index is -0.519. The Morgan fingerprint density at radius 2 is 1.79 bits per heavy atom. The summed E-state index contributed by atoms with van der Waals surface area (Å²) >= 11 is 4.71. The highest BCUT2D eigenvalue weighted by atomic mass is 79.9. The third-order valence-electron chi connectivity index (χ3n) is 6.24. The van der Waals surface area contributed by atoms with E-state index >= 15 is 0 Å². The quantitative estimate of drug-likeness (QED) is 0.257. The molecular formula is C29H27BrN6O2S. The average Bonchev–Trinajstić information content (AvgIpc) is 3.55. The summed E-state index contributed by atoms with van der Waals surface area (Å²) in [5, 5.41) is 7.76. The number of rotatable bonds is 7. The molecular weight excluding hydrogens is 576 g/mol. The number of anilines is 2. The van der Waals surface area contributed by atoms with Crippen molar-refractivity contribution in [3.8, 4) is 5.69 Å². The summed E-state index contributed by atoms with van der Waals surface area (Å²) in [7, 11) is 0. The van der Waals surface area contributed by atoms with Crippen molar-refractivity contribution in [2.24, 2.45) is 4.99 Å².